The number of allylic oxidation sites excluding steroid dienone is 2. The molecule has 0 unspecified atom stereocenters. The van der Waals surface area contributed by atoms with Crippen LogP contribution >= 0.6 is 34.9 Å². The van der Waals surface area contributed by atoms with Gasteiger partial charge in [0.15, 0.2) is 0 Å². The molecule has 3 heteroatoms. The Balaban J connectivity index is 1.75. The minimum atomic E-state index is 1.03. The van der Waals surface area contributed by atoms with Crippen molar-refractivity contribution >= 4 is 44.7 Å². The first-order chi connectivity index (χ1) is 13.8. The van der Waals surface area contributed by atoms with Crippen LogP contribution in [0.4, 0.5) is 0 Å². The normalized spacial score (nSPS) is 10.6. The lowest BCUT2D eigenvalue weighted by atomic mass is 10.1. The van der Waals surface area contributed by atoms with Gasteiger partial charge in [-0.25, -0.2) is 0 Å². The monoisotopic (exact) mass is 432 g/mol. The van der Waals surface area contributed by atoms with E-state index in [4.69, 9.17) is 0 Å². The molecule has 3 aromatic rings. The highest BCUT2D eigenvalue weighted by molar-refractivity contribution is 8.11. The Morgan fingerprint density at radius 3 is 1.24 bits per heavy atom. The zero-order valence-electron chi connectivity index (χ0n) is 16.8. The molecule has 0 atom stereocenters. The molecule has 0 N–H and O–H groups in total. The van der Waals surface area contributed by atoms with Gasteiger partial charge >= 0.3 is 0 Å². The molecular weight excluding hydrogens is 408 g/mol. The predicted molar refractivity (Wildman–Crippen MR) is 138 cm³/mol. The van der Waals surface area contributed by atoms with Crippen LogP contribution in [0.15, 0.2) is 96.8 Å². The van der Waals surface area contributed by atoms with Crippen LogP contribution in [0.3, 0.4) is 0 Å². The second-order valence-corrected chi connectivity index (χ2v) is 10.6. The third-order valence-corrected chi connectivity index (χ3v) is 7.03. The van der Waals surface area contributed by atoms with E-state index in [1.165, 1.54) is 20.9 Å². The summed E-state index contributed by atoms with van der Waals surface area (Å²) in [5.41, 5.74) is 4.73. The van der Waals surface area contributed by atoms with E-state index in [1.54, 1.807) is 34.9 Å². The summed E-state index contributed by atoms with van der Waals surface area (Å²) < 4.78 is 0. The lowest BCUT2D eigenvalue weighted by molar-refractivity contribution is 1.64. The molecule has 1 heterocycles. The van der Waals surface area contributed by atoms with Gasteiger partial charge in [-0.1, -0.05) is 98.4 Å². The number of hydrogen-bond donors (Lipinski definition) is 0. The Morgan fingerprint density at radius 1 is 0.586 bits per heavy atom. The molecule has 0 saturated heterocycles. The van der Waals surface area contributed by atoms with Gasteiger partial charge in [-0.05, 0) is 58.0 Å². The molecule has 146 valence electrons. The first-order valence-electron chi connectivity index (χ1n) is 9.19. The van der Waals surface area contributed by atoms with Crippen molar-refractivity contribution in [3.05, 3.63) is 108 Å². The molecule has 0 aliphatic heterocycles. The lowest BCUT2D eigenvalue weighted by Crippen LogP contribution is -1.80. The fraction of sp³-hybridized carbons (Fsp3) is 0.0769. The van der Waals surface area contributed by atoms with E-state index in [9.17, 15) is 0 Å². The van der Waals surface area contributed by atoms with Crippen molar-refractivity contribution in [3.8, 4) is 20.9 Å². The Kier molecular flexibility index (Phi) is 7.07. The van der Waals surface area contributed by atoms with E-state index in [0.717, 1.165) is 30.7 Å². The van der Waals surface area contributed by atoms with E-state index >= 15 is 0 Å². The molecule has 0 saturated carbocycles. The van der Waals surface area contributed by atoms with Crippen LogP contribution < -0.4 is 0 Å². The van der Waals surface area contributed by atoms with Crippen LogP contribution in [0.2, 0.25) is 0 Å². The van der Waals surface area contributed by atoms with Gasteiger partial charge < -0.3 is 0 Å². The Bertz CT molecular complexity index is 978. The molecule has 0 bridgehead atoms. The van der Waals surface area contributed by atoms with Gasteiger partial charge in [0.05, 0.1) is 0 Å². The molecule has 29 heavy (non-hydrogen) atoms. The average Bonchev–Trinajstić information content (AvgIpc) is 3.17. The smallest absolute Gasteiger partial charge is 0.0349 e. The average molecular weight is 433 g/mol. The molecule has 0 nitrogen and oxygen atoms in total. The number of thiophene rings is 1. The quantitative estimate of drug-likeness (QED) is 0.347. The van der Waals surface area contributed by atoms with Gasteiger partial charge in [-0.15, -0.1) is 11.3 Å². The van der Waals surface area contributed by atoms with Crippen molar-refractivity contribution in [1.82, 2.24) is 0 Å². The molecular formula is C26H24S3. The summed E-state index contributed by atoms with van der Waals surface area (Å²) in [5, 5.41) is 0. The Morgan fingerprint density at radius 2 is 0.931 bits per heavy atom. The van der Waals surface area contributed by atoms with Crippen molar-refractivity contribution < 1.29 is 0 Å². The van der Waals surface area contributed by atoms with E-state index < -0.39 is 0 Å². The minimum Gasteiger partial charge on any atom is -0.135 e. The topological polar surface area (TPSA) is 0 Å². The van der Waals surface area contributed by atoms with E-state index in [-0.39, 0.29) is 0 Å². The summed E-state index contributed by atoms with van der Waals surface area (Å²) in [4.78, 5) is 6.68. The van der Waals surface area contributed by atoms with Crippen molar-refractivity contribution in [2.45, 2.75) is 13.8 Å². The van der Waals surface area contributed by atoms with Gasteiger partial charge in [-0.2, -0.15) is 0 Å². The highest BCUT2D eigenvalue weighted by Crippen LogP contribution is 2.37. The molecule has 0 aliphatic rings. The molecule has 0 aliphatic carbocycles. The third-order valence-electron chi connectivity index (χ3n) is 4.18. The van der Waals surface area contributed by atoms with Gasteiger partial charge in [-0.3, -0.25) is 0 Å². The van der Waals surface area contributed by atoms with Crippen LogP contribution in [0, 0.1) is 0 Å². The summed E-state index contributed by atoms with van der Waals surface area (Å²) in [6.07, 6.45) is 0. The zero-order valence-corrected chi connectivity index (χ0v) is 19.3. The highest BCUT2D eigenvalue weighted by Gasteiger charge is 2.08. The van der Waals surface area contributed by atoms with Gasteiger partial charge in [0.2, 0.25) is 0 Å². The molecule has 0 radical (unpaired) electrons. The van der Waals surface area contributed by atoms with Gasteiger partial charge in [0, 0.05) is 19.6 Å². The van der Waals surface area contributed by atoms with Crippen molar-refractivity contribution in [2.75, 3.05) is 0 Å². The number of benzene rings is 2. The molecule has 0 spiro atoms. The third kappa shape index (κ3) is 5.66. The Labute approximate surface area is 186 Å². The maximum Gasteiger partial charge on any atom is 0.0349 e. The summed E-state index contributed by atoms with van der Waals surface area (Å²) >= 11 is 5.04. The molecule has 0 amide bonds. The molecule has 3 rings (SSSR count). The second kappa shape index (κ2) is 9.53. The largest absolute Gasteiger partial charge is 0.135 e. The first-order valence-corrected chi connectivity index (χ1v) is 11.6. The lowest BCUT2D eigenvalue weighted by Gasteiger charge is -2.06. The van der Waals surface area contributed by atoms with Crippen LogP contribution in [-0.2, 0) is 0 Å². The van der Waals surface area contributed by atoms with Crippen LogP contribution in [0.1, 0.15) is 25.0 Å². The van der Waals surface area contributed by atoms with E-state index in [2.05, 4.69) is 87.0 Å². The van der Waals surface area contributed by atoms with Crippen molar-refractivity contribution in [3.63, 3.8) is 0 Å². The molecule has 0 fully saturated rings. The molecule has 1 aromatic heterocycles. The summed E-state index contributed by atoms with van der Waals surface area (Å²) in [6.45, 7) is 20.2. The zero-order chi connectivity index (χ0) is 21.0. The SMILES string of the molecule is C=C(C)SC(=C)c1ccc(-c2ccc(-c3ccc(C(=C)SC(=C)C)cc3)s2)cc1. The maximum atomic E-state index is 4.14. The van der Waals surface area contributed by atoms with E-state index in [1.807, 2.05) is 13.8 Å². The van der Waals surface area contributed by atoms with Gasteiger partial charge in [0.25, 0.3) is 0 Å². The predicted octanol–water partition coefficient (Wildman–Crippen LogP) is 9.56. The van der Waals surface area contributed by atoms with Crippen molar-refractivity contribution in [2.24, 2.45) is 0 Å². The maximum absolute atomic E-state index is 4.14. The fourth-order valence-corrected chi connectivity index (χ4v) is 5.19. The summed E-state index contributed by atoms with van der Waals surface area (Å²) in [6, 6.07) is 21.6. The first kappa shape index (κ1) is 21.5. The second-order valence-electron chi connectivity index (χ2n) is 6.77. The number of hydrogen-bond acceptors (Lipinski definition) is 3. The highest BCUT2D eigenvalue weighted by atomic mass is 32.2. The summed E-state index contributed by atoms with van der Waals surface area (Å²) in [5.74, 6) is 0. The minimum absolute atomic E-state index is 1.03. The van der Waals surface area contributed by atoms with Crippen LogP contribution in [0.25, 0.3) is 30.7 Å². The number of thioether (sulfide) groups is 2. The molecule has 2 aromatic carbocycles. The van der Waals surface area contributed by atoms with Crippen LogP contribution in [0.5, 0.6) is 0 Å². The Hall–Kier alpha value is -2.20. The van der Waals surface area contributed by atoms with E-state index in [0.29, 0.717) is 0 Å². The van der Waals surface area contributed by atoms with Crippen LogP contribution in [-0.4, -0.2) is 0 Å². The number of rotatable bonds is 8. The summed E-state index contributed by atoms with van der Waals surface area (Å²) in [7, 11) is 0. The standard InChI is InChI=1S/C26H24S3/c1-17(2)27-19(5)21-7-11-23(12-8-21)25-15-16-26(29-25)24-13-9-22(10-14-24)20(6)28-18(3)4/h7-16H,1,3,5-6H2,2,4H3. The fourth-order valence-electron chi connectivity index (χ4n) is 2.83. The van der Waals surface area contributed by atoms with Gasteiger partial charge in [0.1, 0.15) is 0 Å². The van der Waals surface area contributed by atoms with Crippen molar-refractivity contribution in [1.29, 1.82) is 0 Å².